The second kappa shape index (κ2) is 22.3. The molecule has 0 aliphatic heterocycles. The summed E-state index contributed by atoms with van der Waals surface area (Å²) in [6, 6.07) is 21.3. The van der Waals surface area contributed by atoms with Crippen molar-refractivity contribution in [2.45, 2.75) is 92.6 Å². The van der Waals surface area contributed by atoms with Gasteiger partial charge in [0.2, 0.25) is 0 Å². The van der Waals surface area contributed by atoms with E-state index in [4.69, 9.17) is 9.84 Å². The van der Waals surface area contributed by atoms with Gasteiger partial charge in [-0.15, -0.1) is 6.58 Å². The Labute approximate surface area is 203 Å². The Kier molecular flexibility index (Phi) is 24.2. The third-order valence-corrected chi connectivity index (χ3v) is 4.57. The maximum absolute atomic E-state index is 7.00. The first-order chi connectivity index (χ1) is 15.0. The van der Waals surface area contributed by atoms with E-state index in [1.807, 2.05) is 34.6 Å². The zero-order valence-corrected chi connectivity index (χ0v) is 22.9. The number of methoxy groups -OCH3 is 1. The van der Waals surface area contributed by atoms with Crippen LogP contribution < -0.4 is 0 Å². The number of rotatable bonds is 4. The lowest BCUT2D eigenvalue weighted by atomic mass is 9.99. The Bertz CT molecular complexity index is 588. The van der Waals surface area contributed by atoms with E-state index in [-0.39, 0.29) is 8.45 Å². The SMILES string of the molecule is C=C(C)C.CCC(C)c1ccccc1.CCC(C)c1ccccc1.CO.COC(C)(C)C.[2HH].[H+]. The van der Waals surface area contributed by atoms with Gasteiger partial charge in [-0.25, -0.2) is 0 Å². The normalized spacial score (nSPS) is 11.4. The summed E-state index contributed by atoms with van der Waals surface area (Å²) in [6.07, 6.45) is 2.45. The summed E-state index contributed by atoms with van der Waals surface area (Å²) in [5, 5.41) is 7.00. The molecule has 0 amide bonds. The molecule has 0 aliphatic carbocycles. The van der Waals surface area contributed by atoms with Crippen molar-refractivity contribution in [3.05, 3.63) is 83.9 Å². The molecule has 0 heterocycles. The van der Waals surface area contributed by atoms with E-state index in [0.717, 1.165) is 7.11 Å². The smallest absolute Gasteiger partial charge is 0.400 e. The van der Waals surface area contributed by atoms with E-state index in [1.54, 1.807) is 7.11 Å². The quantitative estimate of drug-likeness (QED) is 0.472. The van der Waals surface area contributed by atoms with Crippen LogP contribution >= 0.6 is 0 Å². The standard InChI is InChI=1S/2C10H14.C5H12O.C4H8.CH4O.H2/c2*1-3-9(2)10-7-5-4-6-8-10;1-5(2,3)6-4;1-4(2)3;1-2;/h2*4-9H,3H2,1-2H3;1-4H3;1H2,2-3H3;2H,1H3;1H/p+1/i;;;;;1+1. The Hall–Kier alpha value is -1.90. The summed E-state index contributed by atoms with van der Waals surface area (Å²) >= 11 is 0. The van der Waals surface area contributed by atoms with Crippen molar-refractivity contribution in [3.63, 3.8) is 0 Å². The second-order valence-corrected chi connectivity index (χ2v) is 8.96. The number of hydrogen-bond donors (Lipinski definition) is 1. The first-order valence-electron chi connectivity index (χ1n) is 11.7. The average Bonchev–Trinajstić information content (AvgIpc) is 2.80. The van der Waals surface area contributed by atoms with Crippen LogP contribution in [0.2, 0.25) is 0 Å². The van der Waals surface area contributed by atoms with Gasteiger partial charge < -0.3 is 9.84 Å². The number of aliphatic hydroxyl groups is 1. The molecule has 2 rings (SSSR count). The third-order valence-electron chi connectivity index (χ3n) is 4.57. The fourth-order valence-corrected chi connectivity index (χ4v) is 2.03. The van der Waals surface area contributed by atoms with Gasteiger partial charge in [0.1, 0.15) is 0 Å². The van der Waals surface area contributed by atoms with E-state index in [2.05, 4.69) is 94.9 Å². The number of aliphatic hydroxyl groups excluding tert-OH is 1. The average molecular weight is 449 g/mol. The molecule has 186 valence electrons. The van der Waals surface area contributed by atoms with Crippen LogP contribution in [0.1, 0.15) is 101 Å². The van der Waals surface area contributed by atoms with Crippen molar-refractivity contribution in [2.75, 3.05) is 14.2 Å². The van der Waals surface area contributed by atoms with Gasteiger partial charge in [0.15, 0.2) is 0 Å². The molecule has 0 saturated carbocycles. The molecule has 0 fully saturated rings. The summed E-state index contributed by atoms with van der Waals surface area (Å²) in [6.45, 7) is 22.5. The highest BCUT2D eigenvalue weighted by Crippen LogP contribution is 2.17. The summed E-state index contributed by atoms with van der Waals surface area (Å²) < 4.78 is 4.94. The van der Waals surface area contributed by atoms with Crippen molar-refractivity contribution in [3.8, 4) is 0 Å². The molecule has 0 aromatic heterocycles. The monoisotopic (exact) mass is 448 g/mol. The fraction of sp³-hybridized carbons (Fsp3) is 0.533. The van der Waals surface area contributed by atoms with E-state index in [0.29, 0.717) is 11.8 Å². The molecule has 0 radical (unpaired) electrons. The highest BCUT2D eigenvalue weighted by Gasteiger charge is 2.04. The predicted octanol–water partition coefficient (Wildman–Crippen LogP) is 9.38. The molecule has 32 heavy (non-hydrogen) atoms. The van der Waals surface area contributed by atoms with Crippen LogP contribution in [0.25, 0.3) is 0 Å². The van der Waals surface area contributed by atoms with E-state index in [9.17, 15) is 0 Å². The van der Waals surface area contributed by atoms with Gasteiger partial charge in [-0.05, 0) is 70.4 Å². The van der Waals surface area contributed by atoms with Crippen LogP contribution in [0.15, 0.2) is 72.8 Å². The van der Waals surface area contributed by atoms with Gasteiger partial charge in [-0.2, -0.15) is 0 Å². The van der Waals surface area contributed by atoms with E-state index in [1.165, 1.54) is 29.5 Å². The Balaban J connectivity index is -0.000000111. The van der Waals surface area contributed by atoms with Crippen molar-refractivity contribution in [1.29, 1.82) is 0 Å². The molecule has 2 atom stereocenters. The molecule has 1 N–H and O–H groups in total. The maximum Gasteiger partial charge on any atom is 1.00 e. The maximum atomic E-state index is 7.00. The van der Waals surface area contributed by atoms with Crippen LogP contribution in [0.3, 0.4) is 0 Å². The molecule has 0 aliphatic rings. The fourth-order valence-electron chi connectivity index (χ4n) is 2.03. The summed E-state index contributed by atoms with van der Waals surface area (Å²) in [4.78, 5) is 0. The minimum atomic E-state index is 0. The van der Waals surface area contributed by atoms with Crippen LogP contribution in [-0.2, 0) is 4.74 Å². The first kappa shape index (κ1) is 34.7. The molecule has 2 unspecified atom stereocenters. The minimum absolute atomic E-state index is 0. The molecule has 0 saturated heterocycles. The number of hydrogen-bond acceptors (Lipinski definition) is 2. The minimum Gasteiger partial charge on any atom is -0.400 e. The molecule has 2 aromatic rings. The van der Waals surface area contributed by atoms with Crippen LogP contribution in [-0.4, -0.2) is 24.9 Å². The Morgan fingerprint density at radius 1 is 0.844 bits per heavy atom. The number of allylic oxidation sites excluding steroid dienone is 1. The second-order valence-electron chi connectivity index (χ2n) is 8.96. The summed E-state index contributed by atoms with van der Waals surface area (Å²) in [5.74, 6) is 1.42. The number of benzene rings is 2. The molecule has 2 heteroatoms. The Morgan fingerprint density at radius 3 is 1.22 bits per heavy atom. The van der Waals surface area contributed by atoms with Gasteiger partial charge in [0.05, 0.1) is 5.60 Å². The predicted molar refractivity (Wildman–Crippen MR) is 149 cm³/mol. The molecule has 0 spiro atoms. The highest BCUT2D eigenvalue weighted by atomic mass is 16.5. The lowest BCUT2D eigenvalue weighted by Crippen LogP contribution is -2.15. The lowest BCUT2D eigenvalue weighted by Gasteiger charge is -2.14. The van der Waals surface area contributed by atoms with E-state index < -0.39 is 0 Å². The summed E-state index contributed by atoms with van der Waals surface area (Å²) in [7, 11) is 2.71. The molecule has 0 bridgehead atoms. The summed E-state index contributed by atoms with van der Waals surface area (Å²) in [5.41, 5.74) is 4.11. The largest absolute Gasteiger partial charge is 1.00 e. The lowest BCUT2D eigenvalue weighted by molar-refractivity contribution is 0.0397. The van der Waals surface area contributed by atoms with Crippen LogP contribution in [0, 0.1) is 0 Å². The van der Waals surface area contributed by atoms with Crippen LogP contribution in [0.5, 0.6) is 0 Å². The molecule has 2 aromatic carbocycles. The van der Waals surface area contributed by atoms with Crippen molar-refractivity contribution >= 4 is 0 Å². The van der Waals surface area contributed by atoms with Gasteiger partial charge in [-0.3, -0.25) is 0 Å². The molecular formula is C30H55O2+. The zero-order chi connectivity index (χ0) is 25.6. The first-order valence-corrected chi connectivity index (χ1v) is 11.7. The van der Waals surface area contributed by atoms with Crippen molar-refractivity contribution in [2.24, 2.45) is 0 Å². The van der Waals surface area contributed by atoms with Gasteiger partial charge in [0, 0.05) is 15.6 Å². The van der Waals surface area contributed by atoms with Crippen LogP contribution in [0.4, 0.5) is 0 Å². The zero-order valence-electron chi connectivity index (χ0n) is 23.9. The number of ether oxygens (including phenoxy) is 1. The van der Waals surface area contributed by atoms with Gasteiger partial charge in [0.25, 0.3) is 0 Å². The van der Waals surface area contributed by atoms with Gasteiger partial charge in [-0.1, -0.05) is 93.9 Å². The van der Waals surface area contributed by atoms with E-state index >= 15 is 0 Å². The van der Waals surface area contributed by atoms with Crippen molar-refractivity contribution in [1.82, 2.24) is 0 Å². The van der Waals surface area contributed by atoms with Gasteiger partial charge >= 0.3 is 1.43 Å². The topological polar surface area (TPSA) is 29.5 Å². The Morgan fingerprint density at radius 2 is 1.06 bits per heavy atom. The third kappa shape index (κ3) is 24.4. The highest BCUT2D eigenvalue weighted by molar-refractivity contribution is 5.19. The van der Waals surface area contributed by atoms with Crippen molar-refractivity contribution < 1.29 is 12.7 Å². The molecular weight excluding hydrogens is 392 g/mol. The molecule has 2 nitrogen and oxygen atoms in total.